The number of rotatable bonds is 3. The van der Waals surface area contributed by atoms with Crippen LogP contribution in [0.1, 0.15) is 18.2 Å². The molecular weight excluding hydrogens is 220 g/mol. The SMILES string of the molecule is NCC[C@H](O)c1ncccc1Br. The Morgan fingerprint density at radius 1 is 1.67 bits per heavy atom. The number of hydrogen-bond acceptors (Lipinski definition) is 3. The third-order valence-electron chi connectivity index (χ3n) is 1.54. The van der Waals surface area contributed by atoms with E-state index in [9.17, 15) is 5.11 Å². The predicted octanol–water partition coefficient (Wildman–Crippen LogP) is 1.23. The average molecular weight is 231 g/mol. The summed E-state index contributed by atoms with van der Waals surface area (Å²) in [5.41, 5.74) is 5.97. The molecule has 1 rings (SSSR count). The van der Waals surface area contributed by atoms with Crippen molar-refractivity contribution >= 4 is 15.9 Å². The molecule has 66 valence electrons. The van der Waals surface area contributed by atoms with Crippen LogP contribution in [0.3, 0.4) is 0 Å². The van der Waals surface area contributed by atoms with Crippen molar-refractivity contribution in [2.75, 3.05) is 6.54 Å². The van der Waals surface area contributed by atoms with Crippen molar-refractivity contribution in [2.24, 2.45) is 5.73 Å². The number of nitrogens with zero attached hydrogens (tertiary/aromatic N) is 1. The van der Waals surface area contributed by atoms with Gasteiger partial charge in [-0.05, 0) is 41.0 Å². The van der Waals surface area contributed by atoms with E-state index in [4.69, 9.17) is 5.73 Å². The zero-order chi connectivity index (χ0) is 8.97. The minimum atomic E-state index is -0.564. The molecular formula is C8H11BrN2O. The summed E-state index contributed by atoms with van der Waals surface area (Å²) in [5, 5.41) is 9.53. The number of nitrogens with two attached hydrogens (primary N) is 1. The molecule has 0 unspecified atom stereocenters. The molecule has 12 heavy (non-hydrogen) atoms. The summed E-state index contributed by atoms with van der Waals surface area (Å²) < 4.78 is 0.825. The van der Waals surface area contributed by atoms with Gasteiger partial charge in [-0.1, -0.05) is 0 Å². The van der Waals surface area contributed by atoms with Crippen LogP contribution in [0.5, 0.6) is 0 Å². The quantitative estimate of drug-likeness (QED) is 0.822. The summed E-state index contributed by atoms with van der Waals surface area (Å²) in [5.74, 6) is 0. The Labute approximate surface area is 79.7 Å². The third kappa shape index (κ3) is 2.27. The van der Waals surface area contributed by atoms with Gasteiger partial charge in [0.15, 0.2) is 0 Å². The van der Waals surface area contributed by atoms with Crippen molar-refractivity contribution in [3.8, 4) is 0 Å². The standard InChI is InChI=1S/C8H11BrN2O/c9-6-2-1-5-11-8(6)7(12)3-4-10/h1-2,5,7,12H,3-4,10H2/t7-/m0/s1. The zero-order valence-corrected chi connectivity index (χ0v) is 8.16. The van der Waals surface area contributed by atoms with Gasteiger partial charge in [-0.25, -0.2) is 0 Å². The van der Waals surface area contributed by atoms with E-state index >= 15 is 0 Å². The van der Waals surface area contributed by atoms with Crippen molar-refractivity contribution in [3.05, 3.63) is 28.5 Å². The maximum absolute atomic E-state index is 9.53. The fraction of sp³-hybridized carbons (Fsp3) is 0.375. The number of halogens is 1. The van der Waals surface area contributed by atoms with Gasteiger partial charge in [-0.2, -0.15) is 0 Å². The van der Waals surface area contributed by atoms with Crippen LogP contribution in [-0.2, 0) is 0 Å². The van der Waals surface area contributed by atoms with E-state index in [-0.39, 0.29) is 0 Å². The van der Waals surface area contributed by atoms with Crippen molar-refractivity contribution in [1.82, 2.24) is 4.98 Å². The van der Waals surface area contributed by atoms with Crippen LogP contribution in [-0.4, -0.2) is 16.6 Å². The summed E-state index contributed by atoms with van der Waals surface area (Å²) in [6, 6.07) is 3.66. The van der Waals surface area contributed by atoms with Crippen LogP contribution < -0.4 is 5.73 Å². The lowest BCUT2D eigenvalue weighted by Gasteiger charge is -2.09. The van der Waals surface area contributed by atoms with Crippen LogP contribution in [0.15, 0.2) is 22.8 Å². The highest BCUT2D eigenvalue weighted by molar-refractivity contribution is 9.10. The van der Waals surface area contributed by atoms with Crippen LogP contribution in [0.25, 0.3) is 0 Å². The number of hydrogen-bond donors (Lipinski definition) is 2. The van der Waals surface area contributed by atoms with Gasteiger partial charge in [0.05, 0.1) is 11.8 Å². The van der Waals surface area contributed by atoms with E-state index < -0.39 is 6.10 Å². The lowest BCUT2D eigenvalue weighted by Crippen LogP contribution is -2.08. The third-order valence-corrected chi connectivity index (χ3v) is 2.21. The van der Waals surface area contributed by atoms with E-state index in [0.717, 1.165) is 4.47 Å². The molecule has 4 heteroatoms. The minimum Gasteiger partial charge on any atom is -0.387 e. The molecule has 3 nitrogen and oxygen atoms in total. The van der Waals surface area contributed by atoms with Crippen LogP contribution in [0.4, 0.5) is 0 Å². The number of pyridine rings is 1. The Morgan fingerprint density at radius 3 is 3.00 bits per heavy atom. The first-order valence-electron chi connectivity index (χ1n) is 3.74. The fourth-order valence-electron chi connectivity index (χ4n) is 0.938. The molecule has 0 aliphatic carbocycles. The molecule has 1 aromatic rings. The van der Waals surface area contributed by atoms with Crippen molar-refractivity contribution < 1.29 is 5.11 Å². The average Bonchev–Trinajstić information content (AvgIpc) is 2.05. The molecule has 1 atom stereocenters. The molecule has 1 aromatic heterocycles. The first kappa shape index (κ1) is 9.64. The lowest BCUT2D eigenvalue weighted by molar-refractivity contribution is 0.165. The second kappa shape index (κ2) is 4.54. The summed E-state index contributed by atoms with van der Waals surface area (Å²) in [6.45, 7) is 0.462. The molecule has 0 bridgehead atoms. The Kier molecular flexibility index (Phi) is 3.65. The van der Waals surface area contributed by atoms with Gasteiger partial charge in [0.1, 0.15) is 0 Å². The maximum Gasteiger partial charge on any atom is 0.0983 e. The van der Waals surface area contributed by atoms with E-state index in [0.29, 0.717) is 18.7 Å². The molecule has 0 fully saturated rings. The highest BCUT2D eigenvalue weighted by Crippen LogP contribution is 2.22. The summed E-state index contributed by atoms with van der Waals surface area (Å²) >= 11 is 3.30. The van der Waals surface area contributed by atoms with Crippen LogP contribution in [0, 0.1) is 0 Å². The van der Waals surface area contributed by atoms with Gasteiger partial charge in [-0.15, -0.1) is 0 Å². The molecule has 0 aliphatic rings. The first-order valence-corrected chi connectivity index (χ1v) is 4.53. The first-order chi connectivity index (χ1) is 5.75. The topological polar surface area (TPSA) is 59.1 Å². The van der Waals surface area contributed by atoms with E-state index in [1.165, 1.54) is 0 Å². The Morgan fingerprint density at radius 2 is 2.42 bits per heavy atom. The number of aliphatic hydroxyl groups is 1. The van der Waals surface area contributed by atoms with Gasteiger partial charge in [-0.3, -0.25) is 4.98 Å². The van der Waals surface area contributed by atoms with E-state index in [1.54, 1.807) is 6.20 Å². The van der Waals surface area contributed by atoms with Gasteiger partial charge in [0, 0.05) is 10.7 Å². The Bertz CT molecular complexity index is 255. The van der Waals surface area contributed by atoms with Crippen LogP contribution in [0.2, 0.25) is 0 Å². The highest BCUT2D eigenvalue weighted by atomic mass is 79.9. The maximum atomic E-state index is 9.53. The predicted molar refractivity (Wildman–Crippen MR) is 50.6 cm³/mol. The number of aromatic nitrogens is 1. The molecule has 1 heterocycles. The van der Waals surface area contributed by atoms with Gasteiger partial charge < -0.3 is 10.8 Å². The normalized spacial score (nSPS) is 12.9. The smallest absolute Gasteiger partial charge is 0.0983 e. The Hall–Kier alpha value is -0.450. The van der Waals surface area contributed by atoms with Crippen molar-refractivity contribution in [2.45, 2.75) is 12.5 Å². The monoisotopic (exact) mass is 230 g/mol. The van der Waals surface area contributed by atoms with E-state index in [2.05, 4.69) is 20.9 Å². The molecule has 0 saturated heterocycles. The molecule has 0 aliphatic heterocycles. The highest BCUT2D eigenvalue weighted by Gasteiger charge is 2.10. The number of aliphatic hydroxyl groups excluding tert-OH is 1. The fourth-order valence-corrected chi connectivity index (χ4v) is 1.46. The largest absolute Gasteiger partial charge is 0.387 e. The van der Waals surface area contributed by atoms with E-state index in [1.807, 2.05) is 12.1 Å². The summed E-state index contributed by atoms with van der Waals surface area (Å²) in [6.07, 6.45) is 1.63. The van der Waals surface area contributed by atoms with Gasteiger partial charge in [0.25, 0.3) is 0 Å². The molecule has 0 saturated carbocycles. The van der Waals surface area contributed by atoms with Crippen LogP contribution >= 0.6 is 15.9 Å². The lowest BCUT2D eigenvalue weighted by atomic mass is 10.2. The molecule has 0 aromatic carbocycles. The molecule has 0 amide bonds. The van der Waals surface area contributed by atoms with Gasteiger partial charge >= 0.3 is 0 Å². The van der Waals surface area contributed by atoms with Gasteiger partial charge in [0.2, 0.25) is 0 Å². The molecule has 3 N–H and O–H groups in total. The second-order valence-electron chi connectivity index (χ2n) is 2.46. The second-order valence-corrected chi connectivity index (χ2v) is 3.32. The summed E-state index contributed by atoms with van der Waals surface area (Å²) in [7, 11) is 0. The van der Waals surface area contributed by atoms with Crippen molar-refractivity contribution in [3.63, 3.8) is 0 Å². The van der Waals surface area contributed by atoms with Crippen molar-refractivity contribution in [1.29, 1.82) is 0 Å². The Balaban J connectivity index is 2.79. The minimum absolute atomic E-state index is 0.462. The summed E-state index contributed by atoms with van der Waals surface area (Å²) in [4.78, 5) is 4.04. The molecule has 0 spiro atoms. The molecule has 0 radical (unpaired) electrons. The zero-order valence-electron chi connectivity index (χ0n) is 6.57.